The van der Waals surface area contributed by atoms with Crippen molar-refractivity contribution in [1.82, 2.24) is 0 Å². The van der Waals surface area contributed by atoms with E-state index >= 15 is 0 Å². The molecule has 0 radical (unpaired) electrons. The Hall–Kier alpha value is -1.02. The highest BCUT2D eigenvalue weighted by Crippen LogP contribution is 2.36. The Morgan fingerprint density at radius 1 is 1.33 bits per heavy atom. The maximum absolute atomic E-state index is 11.1. The summed E-state index contributed by atoms with van der Waals surface area (Å²) in [7, 11) is 0. The van der Waals surface area contributed by atoms with Gasteiger partial charge in [-0.25, -0.2) is 0 Å². The average molecular weight is 457 g/mol. The van der Waals surface area contributed by atoms with E-state index in [1.165, 1.54) is 0 Å². The summed E-state index contributed by atoms with van der Waals surface area (Å²) in [5.41, 5.74) is 0. The monoisotopic (exact) mass is 456 g/mol. The molecule has 1 fully saturated rings. The predicted octanol–water partition coefficient (Wildman–Crippen LogP) is 3.60. The van der Waals surface area contributed by atoms with Gasteiger partial charge in [0.05, 0.1) is 23.3 Å². The van der Waals surface area contributed by atoms with Crippen molar-refractivity contribution in [2.24, 2.45) is 11.8 Å². The predicted molar refractivity (Wildman–Crippen MR) is 121 cm³/mol. The number of rotatable bonds is 12. The maximum Gasteiger partial charge on any atom is 0.158 e. The van der Waals surface area contributed by atoms with Crippen LogP contribution in [0.5, 0.6) is 0 Å². The second-order valence-corrected chi connectivity index (χ2v) is 9.76. The lowest BCUT2D eigenvalue weighted by molar-refractivity contribution is -0.121. The zero-order valence-corrected chi connectivity index (χ0v) is 19.0. The minimum Gasteiger partial charge on any atom is -0.393 e. The van der Waals surface area contributed by atoms with Gasteiger partial charge in [0.25, 0.3) is 0 Å². The Morgan fingerprint density at radius 3 is 2.77 bits per heavy atom. The van der Waals surface area contributed by atoms with Gasteiger partial charge in [-0.15, -0.1) is 11.3 Å². The smallest absolute Gasteiger partial charge is 0.158 e. The van der Waals surface area contributed by atoms with Gasteiger partial charge in [-0.05, 0) is 51.0 Å². The van der Waals surface area contributed by atoms with Crippen molar-refractivity contribution in [2.75, 3.05) is 6.61 Å². The van der Waals surface area contributed by atoms with Crippen LogP contribution in [0, 0.1) is 18.8 Å². The Kier molecular flexibility index (Phi) is 10.7. The van der Waals surface area contributed by atoms with E-state index in [0.29, 0.717) is 32.1 Å². The molecule has 30 heavy (non-hydrogen) atoms. The van der Waals surface area contributed by atoms with E-state index in [0.717, 1.165) is 27.6 Å². The molecule has 1 saturated carbocycles. The first-order chi connectivity index (χ1) is 14.3. The summed E-state index contributed by atoms with van der Waals surface area (Å²) < 4.78 is 0. The third-order valence-electron chi connectivity index (χ3n) is 5.64. The number of thiophene rings is 1. The Balaban J connectivity index is 1.81. The zero-order chi connectivity index (χ0) is 22.1. The van der Waals surface area contributed by atoms with Crippen molar-refractivity contribution < 1.29 is 25.2 Å². The molecule has 0 aliphatic heterocycles. The molecule has 0 amide bonds. The van der Waals surface area contributed by atoms with Crippen LogP contribution in [0.15, 0.2) is 30.4 Å². The van der Waals surface area contributed by atoms with Crippen LogP contribution in [-0.4, -0.2) is 51.1 Å². The molecule has 1 heterocycles. The minimum atomic E-state index is -0.622. The molecule has 1 aliphatic carbocycles. The van der Waals surface area contributed by atoms with Gasteiger partial charge >= 0.3 is 0 Å². The fourth-order valence-corrected chi connectivity index (χ4v) is 5.12. The van der Waals surface area contributed by atoms with E-state index in [-0.39, 0.29) is 17.6 Å². The lowest BCUT2D eigenvalue weighted by Crippen LogP contribution is -2.20. The number of unbranched alkanes of at least 4 members (excludes halogenated alkanes) is 1. The summed E-state index contributed by atoms with van der Waals surface area (Å²) in [6.07, 6.45) is 9.79. The number of hydrogen-bond donors (Lipinski definition) is 4. The van der Waals surface area contributed by atoms with E-state index in [2.05, 4.69) is 0 Å². The topological polar surface area (TPSA) is 98.0 Å². The molecule has 2 rings (SSSR count). The van der Waals surface area contributed by atoms with Crippen LogP contribution >= 0.6 is 22.9 Å². The standard InChI is InChI=1S/C23H33ClO5S/c1-15-21(24)12-18(30-15)10-8-16(26)9-11-20-19(22(28)13-23(20)29)7-5-3-2-4-6-17(27)14-25/h3,5,9,11-12,16,19-20,22-23,25-26,28-29H,2,4,6-8,10,13-14H2,1H3/b5-3-,11-9+/t16-,19+,20+,22-,23+/m0/s1. The lowest BCUT2D eigenvalue weighted by Gasteiger charge is -2.19. The summed E-state index contributed by atoms with van der Waals surface area (Å²) in [6, 6.07) is 1.94. The van der Waals surface area contributed by atoms with Gasteiger partial charge < -0.3 is 20.4 Å². The van der Waals surface area contributed by atoms with Crippen molar-refractivity contribution >= 4 is 28.7 Å². The number of Topliss-reactive ketones (excluding diaryl/α,β-unsaturated/α-hetero) is 1. The maximum atomic E-state index is 11.1. The molecule has 0 aromatic carbocycles. The van der Waals surface area contributed by atoms with Crippen LogP contribution in [-0.2, 0) is 11.2 Å². The van der Waals surface area contributed by atoms with Crippen molar-refractivity contribution in [1.29, 1.82) is 0 Å². The Labute approximate surface area is 187 Å². The minimum absolute atomic E-state index is 0.0995. The molecule has 0 bridgehead atoms. The number of carbonyl (C=O) groups excluding carboxylic acids is 1. The molecule has 4 N–H and O–H groups in total. The summed E-state index contributed by atoms with van der Waals surface area (Å²) in [5.74, 6) is -0.454. The van der Waals surface area contributed by atoms with Gasteiger partial charge in [0.2, 0.25) is 0 Å². The summed E-state index contributed by atoms with van der Waals surface area (Å²) in [4.78, 5) is 13.3. The normalized spacial score (nSPS) is 25.5. The van der Waals surface area contributed by atoms with Crippen LogP contribution in [0.25, 0.3) is 0 Å². The van der Waals surface area contributed by atoms with Crippen molar-refractivity contribution in [3.63, 3.8) is 0 Å². The SMILES string of the molecule is Cc1sc(CC[C@H](O)/C=C/[C@@H]2[C@@H](C/C=C\CCCC(=O)CO)[C@@H](O)C[C@H]2O)cc1Cl. The quantitative estimate of drug-likeness (QED) is 0.284. The van der Waals surface area contributed by atoms with Crippen LogP contribution in [0.3, 0.4) is 0 Å². The molecule has 0 saturated heterocycles. The van der Waals surface area contributed by atoms with Crippen LogP contribution in [0.2, 0.25) is 5.02 Å². The van der Waals surface area contributed by atoms with E-state index in [4.69, 9.17) is 16.7 Å². The first-order valence-corrected chi connectivity index (χ1v) is 11.8. The number of carbonyl (C=O) groups is 1. The third-order valence-corrected chi connectivity index (χ3v) is 7.26. The lowest BCUT2D eigenvalue weighted by atomic mass is 9.89. The number of halogens is 1. The van der Waals surface area contributed by atoms with E-state index < -0.39 is 24.9 Å². The van der Waals surface area contributed by atoms with E-state index in [1.54, 1.807) is 17.4 Å². The molecule has 0 unspecified atom stereocenters. The molecule has 5 nitrogen and oxygen atoms in total. The van der Waals surface area contributed by atoms with Crippen LogP contribution < -0.4 is 0 Å². The fraction of sp³-hybridized carbons (Fsp3) is 0.609. The van der Waals surface area contributed by atoms with E-state index in [9.17, 15) is 20.1 Å². The summed E-state index contributed by atoms with van der Waals surface area (Å²) >= 11 is 7.72. The highest BCUT2D eigenvalue weighted by atomic mass is 35.5. The summed E-state index contributed by atoms with van der Waals surface area (Å²) in [6.45, 7) is 1.57. The molecule has 5 atom stereocenters. The molecule has 1 aromatic heterocycles. The molecular formula is C23H33ClO5S. The zero-order valence-electron chi connectivity index (χ0n) is 17.4. The number of aliphatic hydroxyl groups excluding tert-OH is 4. The van der Waals surface area contributed by atoms with Gasteiger partial charge in [-0.3, -0.25) is 4.79 Å². The number of ketones is 1. The highest BCUT2D eigenvalue weighted by molar-refractivity contribution is 7.12. The van der Waals surface area contributed by atoms with Gasteiger partial charge in [-0.1, -0.05) is 35.9 Å². The fourth-order valence-electron chi connectivity index (χ4n) is 3.86. The highest BCUT2D eigenvalue weighted by Gasteiger charge is 2.39. The van der Waals surface area contributed by atoms with Gasteiger partial charge in [0.1, 0.15) is 6.61 Å². The van der Waals surface area contributed by atoms with Gasteiger partial charge in [0, 0.05) is 28.5 Å². The molecule has 7 heteroatoms. The second-order valence-electron chi connectivity index (χ2n) is 8.02. The van der Waals surface area contributed by atoms with Crippen molar-refractivity contribution in [3.05, 3.63) is 45.1 Å². The number of aryl methyl sites for hydroxylation is 2. The molecule has 168 valence electrons. The first kappa shape index (κ1) is 25.2. The largest absolute Gasteiger partial charge is 0.393 e. The van der Waals surface area contributed by atoms with Crippen LogP contribution in [0.4, 0.5) is 0 Å². The van der Waals surface area contributed by atoms with Gasteiger partial charge in [0.15, 0.2) is 5.78 Å². The summed E-state index contributed by atoms with van der Waals surface area (Å²) in [5, 5.41) is 40.4. The van der Waals surface area contributed by atoms with Crippen molar-refractivity contribution in [2.45, 2.75) is 70.2 Å². The number of aliphatic hydroxyl groups is 4. The van der Waals surface area contributed by atoms with Crippen LogP contribution in [0.1, 0.15) is 48.3 Å². The molecular weight excluding hydrogens is 424 g/mol. The molecule has 1 aliphatic rings. The number of hydrogen-bond acceptors (Lipinski definition) is 6. The third kappa shape index (κ3) is 7.91. The van der Waals surface area contributed by atoms with Gasteiger partial charge in [-0.2, -0.15) is 0 Å². The average Bonchev–Trinajstić information content (AvgIpc) is 3.17. The van der Waals surface area contributed by atoms with E-state index in [1.807, 2.05) is 31.2 Å². The first-order valence-electron chi connectivity index (χ1n) is 10.6. The Bertz CT molecular complexity index is 710. The molecule has 1 aromatic rings. The number of allylic oxidation sites excluding steroid dienone is 2. The van der Waals surface area contributed by atoms with Crippen molar-refractivity contribution in [3.8, 4) is 0 Å². The second kappa shape index (κ2) is 12.7. The Morgan fingerprint density at radius 2 is 2.10 bits per heavy atom. The molecule has 0 spiro atoms.